The largest absolute Gasteiger partial charge is 0.504 e. The maximum absolute atomic E-state index is 14.8. The van der Waals surface area contributed by atoms with Gasteiger partial charge in [-0.3, -0.25) is 19.9 Å². The Morgan fingerprint density at radius 2 is 1.86 bits per heavy atom. The first-order valence-electron chi connectivity index (χ1n) is 19.4. The molecule has 7 heterocycles. The fraction of sp³-hybridized carbons (Fsp3) is 0.500. The van der Waals surface area contributed by atoms with Crippen LogP contribution in [0, 0.1) is 25.2 Å². The van der Waals surface area contributed by atoms with Crippen LogP contribution in [0.15, 0.2) is 18.2 Å². The summed E-state index contributed by atoms with van der Waals surface area (Å²) in [6.45, 7) is 5.88. The predicted molar refractivity (Wildman–Crippen MR) is 207 cm³/mol. The van der Waals surface area contributed by atoms with E-state index >= 15 is 0 Å². The third-order valence-corrected chi connectivity index (χ3v) is 14.3. The summed E-state index contributed by atoms with van der Waals surface area (Å²) in [5.41, 5.74) is 4.48. The molecular formula is C42H46N4O10S. The molecule has 0 saturated carbocycles. The minimum Gasteiger partial charge on any atom is -0.504 e. The lowest BCUT2D eigenvalue weighted by atomic mass is 9.71. The van der Waals surface area contributed by atoms with Crippen molar-refractivity contribution in [2.24, 2.45) is 0 Å². The zero-order valence-electron chi connectivity index (χ0n) is 32.8. The number of phenols is 2. The molecule has 15 heteroatoms. The van der Waals surface area contributed by atoms with E-state index in [1.54, 1.807) is 19.2 Å². The Hall–Kier alpha value is -4.88. The Labute approximate surface area is 334 Å². The number of ether oxygens (including phenoxy) is 6. The van der Waals surface area contributed by atoms with Crippen molar-refractivity contribution in [2.75, 3.05) is 47.0 Å². The smallest absolute Gasteiger partial charge is 0.331 e. The van der Waals surface area contributed by atoms with Gasteiger partial charge in [0.25, 0.3) is 0 Å². The number of nitriles is 1. The number of aromatic hydroxyl groups is 2. The Balaban J connectivity index is 1.33. The molecule has 57 heavy (non-hydrogen) atoms. The highest BCUT2D eigenvalue weighted by atomic mass is 32.2. The number of aryl methyl sites for hydroxylation is 1. The van der Waals surface area contributed by atoms with E-state index in [0.29, 0.717) is 76.6 Å². The molecule has 3 aromatic carbocycles. The molecule has 1 unspecified atom stereocenters. The molecule has 14 nitrogen and oxygen atoms in total. The molecule has 7 atom stereocenters. The first-order chi connectivity index (χ1) is 27.5. The molecule has 10 rings (SSSR count). The Morgan fingerprint density at radius 1 is 1.07 bits per heavy atom. The maximum Gasteiger partial charge on any atom is 0.331 e. The van der Waals surface area contributed by atoms with Crippen LogP contribution in [0.25, 0.3) is 0 Å². The van der Waals surface area contributed by atoms with Gasteiger partial charge in [0.05, 0.1) is 37.6 Å². The quantitative estimate of drug-likeness (QED) is 0.238. The number of nitrogens with one attached hydrogen (secondary N) is 1. The number of phenolic OH excluding ortho intramolecular Hbond substituents is 2. The molecule has 3 aromatic rings. The van der Waals surface area contributed by atoms with Crippen molar-refractivity contribution in [3.63, 3.8) is 0 Å². The number of piperazine rings is 1. The fourth-order valence-electron chi connectivity index (χ4n) is 10.4. The zero-order valence-corrected chi connectivity index (χ0v) is 33.6. The molecule has 2 fully saturated rings. The standard InChI is InChI=1S/C42H46N4O10S/c1-7-8-29(48)56-37-20(3)38-39(55-18-54-38)31-26-16-53-41(50)42(23-14-28(51-5)27(47)13-21(23)9-10-44-42)17-57-40(32(31)37)34-33-30-22(11-19(2)36(52-6)35(30)49)12-24(45(33)4)25(15-43)46(26)34/h11,13-14,24-26,33-34,40,44,47,49H,7-10,12,16-18H2,1-6H3/t24-,25+,26-,33+,34?,40-,42-/m1/s1. The molecule has 0 aromatic heterocycles. The molecule has 7 aliphatic heterocycles. The summed E-state index contributed by atoms with van der Waals surface area (Å²) in [5.74, 6) is 1.16. The number of rotatable bonds is 5. The molecule has 0 radical (unpaired) electrons. The third-order valence-electron chi connectivity index (χ3n) is 12.9. The van der Waals surface area contributed by atoms with E-state index in [4.69, 9.17) is 28.4 Å². The summed E-state index contributed by atoms with van der Waals surface area (Å²) in [6, 6.07) is 5.31. The van der Waals surface area contributed by atoms with Gasteiger partial charge in [-0.15, -0.1) is 11.8 Å². The highest BCUT2D eigenvalue weighted by molar-refractivity contribution is 7.99. The number of thioether (sulfide) groups is 1. The Kier molecular flexibility index (Phi) is 9.19. The first-order valence-corrected chi connectivity index (χ1v) is 20.4. The third kappa shape index (κ3) is 5.33. The van der Waals surface area contributed by atoms with Crippen LogP contribution in [0.4, 0.5) is 0 Å². The van der Waals surface area contributed by atoms with Crippen LogP contribution in [-0.4, -0.2) is 97.0 Å². The van der Waals surface area contributed by atoms with E-state index in [9.17, 15) is 25.1 Å². The van der Waals surface area contributed by atoms with Gasteiger partial charge in [0.2, 0.25) is 6.79 Å². The molecule has 3 N–H and O–H groups in total. The average Bonchev–Trinajstić information content (AvgIpc) is 3.68. The summed E-state index contributed by atoms with van der Waals surface area (Å²) in [7, 11) is 5.01. The lowest BCUT2D eigenvalue weighted by molar-refractivity contribution is -0.157. The van der Waals surface area contributed by atoms with E-state index in [0.717, 1.165) is 16.7 Å². The van der Waals surface area contributed by atoms with Crippen molar-refractivity contribution in [1.82, 2.24) is 15.1 Å². The van der Waals surface area contributed by atoms with Gasteiger partial charge in [0, 0.05) is 53.1 Å². The summed E-state index contributed by atoms with van der Waals surface area (Å²) >= 11 is 1.49. The molecule has 2 saturated heterocycles. The zero-order chi connectivity index (χ0) is 40.1. The highest BCUT2D eigenvalue weighted by Crippen LogP contribution is 2.64. The molecule has 4 bridgehead atoms. The van der Waals surface area contributed by atoms with Crippen molar-refractivity contribution in [1.29, 1.82) is 5.26 Å². The number of hydrogen-bond acceptors (Lipinski definition) is 15. The van der Waals surface area contributed by atoms with Crippen molar-refractivity contribution < 1.29 is 48.2 Å². The van der Waals surface area contributed by atoms with E-state index < -0.39 is 46.9 Å². The molecule has 300 valence electrons. The van der Waals surface area contributed by atoms with Crippen molar-refractivity contribution >= 4 is 23.7 Å². The second-order valence-electron chi connectivity index (χ2n) is 15.7. The number of carbonyl (C=O) groups is 2. The van der Waals surface area contributed by atoms with E-state index in [-0.39, 0.29) is 48.9 Å². The van der Waals surface area contributed by atoms with Crippen LogP contribution in [0.5, 0.6) is 40.2 Å². The number of methoxy groups -OCH3 is 2. The molecule has 7 aliphatic rings. The average molecular weight is 799 g/mol. The number of likely N-dealkylation sites (N-methyl/N-ethyl adjacent to an activating group) is 1. The Morgan fingerprint density at radius 3 is 2.60 bits per heavy atom. The van der Waals surface area contributed by atoms with Crippen LogP contribution in [0.3, 0.4) is 0 Å². The summed E-state index contributed by atoms with van der Waals surface area (Å²) in [5, 5.41) is 37.0. The van der Waals surface area contributed by atoms with Gasteiger partial charge in [-0.2, -0.15) is 5.26 Å². The van der Waals surface area contributed by atoms with E-state index in [1.165, 1.54) is 18.9 Å². The van der Waals surface area contributed by atoms with Crippen LogP contribution >= 0.6 is 11.8 Å². The SMILES string of the molecule is CCCC(=O)Oc1c(C)c2c(c3c1[C@H]1SC[C@]4(NCCc5cc(O)c(OC)cc54)C(=O)OC[C@H]3N3C1[C@@H]1c4c(cc(C)c(OC)c4O)C[C@H]([C@@H]3C#N)N1C)OCO2. The number of nitrogens with zero attached hydrogens (tertiary/aromatic N) is 3. The van der Waals surface area contributed by atoms with Gasteiger partial charge in [-0.05, 0) is 74.5 Å². The maximum atomic E-state index is 14.8. The monoisotopic (exact) mass is 798 g/mol. The second-order valence-corrected chi connectivity index (χ2v) is 16.9. The van der Waals surface area contributed by atoms with Crippen molar-refractivity contribution in [3.05, 3.63) is 62.7 Å². The minimum atomic E-state index is -1.36. The first kappa shape index (κ1) is 37.7. The second kappa shape index (κ2) is 13.9. The molecule has 1 spiro atoms. The van der Waals surface area contributed by atoms with Gasteiger partial charge in [0.1, 0.15) is 18.4 Å². The lowest BCUT2D eigenvalue weighted by Gasteiger charge is -2.62. The lowest BCUT2D eigenvalue weighted by Crippen LogP contribution is -2.69. The van der Waals surface area contributed by atoms with Crippen LogP contribution < -0.4 is 29.0 Å². The van der Waals surface area contributed by atoms with Crippen LogP contribution in [-0.2, 0) is 32.7 Å². The van der Waals surface area contributed by atoms with Gasteiger partial charge < -0.3 is 38.6 Å². The summed E-state index contributed by atoms with van der Waals surface area (Å²) in [6.07, 6.45) is 1.83. The number of benzene rings is 3. The number of carbonyl (C=O) groups excluding carboxylic acids is 2. The van der Waals surface area contributed by atoms with Gasteiger partial charge in [-0.1, -0.05) is 13.0 Å². The topological polar surface area (TPSA) is 172 Å². The van der Waals surface area contributed by atoms with Crippen molar-refractivity contribution in [2.45, 2.75) is 87.5 Å². The fourth-order valence-corrected chi connectivity index (χ4v) is 12.1. The minimum absolute atomic E-state index is 0.0216. The summed E-state index contributed by atoms with van der Waals surface area (Å²) < 4.78 is 36.5. The number of esters is 2. The summed E-state index contributed by atoms with van der Waals surface area (Å²) in [4.78, 5) is 32.7. The van der Waals surface area contributed by atoms with Crippen LogP contribution in [0.1, 0.15) is 81.6 Å². The number of hydrogen-bond donors (Lipinski definition) is 3. The molecular weight excluding hydrogens is 753 g/mol. The molecule has 0 aliphatic carbocycles. The van der Waals surface area contributed by atoms with Crippen molar-refractivity contribution in [3.8, 4) is 46.3 Å². The molecule has 0 amide bonds. The van der Waals surface area contributed by atoms with Gasteiger partial charge in [0.15, 0.2) is 40.0 Å². The Bertz CT molecular complexity index is 2260. The van der Waals surface area contributed by atoms with E-state index in [1.807, 2.05) is 33.9 Å². The predicted octanol–water partition coefficient (Wildman–Crippen LogP) is 4.77. The van der Waals surface area contributed by atoms with Crippen LogP contribution in [0.2, 0.25) is 0 Å². The van der Waals surface area contributed by atoms with Gasteiger partial charge in [-0.25, -0.2) is 4.79 Å². The van der Waals surface area contributed by atoms with E-state index in [2.05, 4.69) is 21.2 Å². The number of fused-ring (bicyclic) bond motifs is 9. The van der Waals surface area contributed by atoms with Gasteiger partial charge >= 0.3 is 11.9 Å². The normalized spacial score (nSPS) is 28.3. The highest BCUT2D eigenvalue weighted by Gasteiger charge is 2.62.